The van der Waals surface area contributed by atoms with Gasteiger partial charge in [0.25, 0.3) is 0 Å². The fourth-order valence-electron chi connectivity index (χ4n) is 3.27. The number of ether oxygens (including phenoxy) is 1. The van der Waals surface area contributed by atoms with Crippen molar-refractivity contribution in [1.82, 2.24) is 0 Å². The van der Waals surface area contributed by atoms with Crippen LogP contribution < -0.4 is 0 Å². The van der Waals surface area contributed by atoms with Crippen molar-refractivity contribution in [2.75, 3.05) is 6.61 Å². The van der Waals surface area contributed by atoms with Gasteiger partial charge in [-0.3, -0.25) is 14.4 Å². The highest BCUT2D eigenvalue weighted by Crippen LogP contribution is 2.36. The summed E-state index contributed by atoms with van der Waals surface area (Å²) in [5.74, 6) is -0.960. The van der Waals surface area contributed by atoms with Gasteiger partial charge in [0.1, 0.15) is 18.2 Å². The molecule has 0 aromatic carbocycles. The number of hydrogen-bond acceptors (Lipinski definition) is 4. The van der Waals surface area contributed by atoms with Crippen molar-refractivity contribution in [1.29, 1.82) is 0 Å². The first-order chi connectivity index (χ1) is 11.4. The molecule has 1 aliphatic heterocycles. The predicted octanol–water partition coefficient (Wildman–Crippen LogP) is 4.51. The molecule has 0 saturated heterocycles. The van der Waals surface area contributed by atoms with E-state index in [9.17, 15) is 14.4 Å². The number of carbonyl (C=O) groups is 3. The van der Waals surface area contributed by atoms with Crippen LogP contribution in [-0.4, -0.2) is 24.1 Å². The van der Waals surface area contributed by atoms with Gasteiger partial charge in [-0.05, 0) is 23.7 Å². The molecule has 0 N–H and O–H groups in total. The van der Waals surface area contributed by atoms with Crippen LogP contribution in [0, 0.1) is 22.7 Å². The summed E-state index contributed by atoms with van der Waals surface area (Å²) >= 11 is 0. The van der Waals surface area contributed by atoms with Crippen LogP contribution in [0.15, 0.2) is 12.2 Å². The molecular formula is C21H34O4. The molecule has 2 unspecified atom stereocenters. The van der Waals surface area contributed by atoms with Gasteiger partial charge >= 0.3 is 5.97 Å². The van der Waals surface area contributed by atoms with Crippen LogP contribution in [0.3, 0.4) is 0 Å². The van der Waals surface area contributed by atoms with Crippen LogP contribution in [0.4, 0.5) is 0 Å². The normalized spacial score (nSPS) is 26.7. The third kappa shape index (κ3) is 7.13. The Bertz CT molecular complexity index is 517. The van der Waals surface area contributed by atoms with E-state index in [2.05, 4.69) is 0 Å². The second-order valence-corrected chi connectivity index (χ2v) is 9.22. The zero-order valence-electron chi connectivity index (χ0n) is 16.7. The van der Waals surface area contributed by atoms with Crippen LogP contribution in [0.5, 0.6) is 0 Å². The fraction of sp³-hybridized carbons (Fsp3) is 0.762. The van der Waals surface area contributed by atoms with E-state index >= 15 is 0 Å². The van der Waals surface area contributed by atoms with Crippen molar-refractivity contribution >= 4 is 17.5 Å². The van der Waals surface area contributed by atoms with Gasteiger partial charge in [0.15, 0.2) is 0 Å². The number of rotatable bonds is 0. The van der Waals surface area contributed by atoms with Gasteiger partial charge in [0.05, 0.1) is 6.42 Å². The Morgan fingerprint density at radius 1 is 0.840 bits per heavy atom. The Balaban J connectivity index is 3.12. The Hall–Kier alpha value is -1.45. The van der Waals surface area contributed by atoms with E-state index in [4.69, 9.17) is 4.74 Å². The first-order valence-electron chi connectivity index (χ1n) is 9.29. The number of carbonyl (C=O) groups excluding carboxylic acids is 3. The highest BCUT2D eigenvalue weighted by atomic mass is 16.5. The van der Waals surface area contributed by atoms with Crippen LogP contribution in [0.1, 0.15) is 73.6 Å². The summed E-state index contributed by atoms with van der Waals surface area (Å²) in [7, 11) is 0. The maximum atomic E-state index is 13.0. The molecule has 2 atom stereocenters. The number of esters is 1. The first kappa shape index (κ1) is 21.6. The maximum Gasteiger partial charge on any atom is 0.306 e. The minimum absolute atomic E-state index is 0.00896. The van der Waals surface area contributed by atoms with Gasteiger partial charge in [0, 0.05) is 24.7 Å². The molecule has 0 amide bonds. The first-order valence-corrected chi connectivity index (χ1v) is 9.29. The predicted molar refractivity (Wildman–Crippen MR) is 99.1 cm³/mol. The molecule has 0 saturated carbocycles. The topological polar surface area (TPSA) is 60.4 Å². The van der Waals surface area contributed by atoms with Gasteiger partial charge in [-0.25, -0.2) is 0 Å². The number of Topliss-reactive ketones (excluding diaryl/α,β-unsaturated/α-hetero) is 2. The number of ketones is 2. The van der Waals surface area contributed by atoms with E-state index in [1.165, 1.54) is 0 Å². The molecule has 1 aliphatic rings. The number of hydrogen-bond donors (Lipinski definition) is 0. The van der Waals surface area contributed by atoms with Crippen molar-refractivity contribution in [2.45, 2.75) is 73.6 Å². The summed E-state index contributed by atoms with van der Waals surface area (Å²) in [4.78, 5) is 37.9. The van der Waals surface area contributed by atoms with Crippen molar-refractivity contribution in [3.8, 4) is 0 Å². The molecule has 0 bridgehead atoms. The van der Waals surface area contributed by atoms with E-state index in [0.717, 1.165) is 12.8 Å². The lowest BCUT2D eigenvalue weighted by atomic mass is 9.69. The van der Waals surface area contributed by atoms with Gasteiger partial charge in [-0.15, -0.1) is 0 Å². The number of cyclic esters (lactones) is 1. The third-order valence-corrected chi connectivity index (χ3v) is 4.95. The van der Waals surface area contributed by atoms with Crippen LogP contribution in [0.25, 0.3) is 0 Å². The molecule has 4 heteroatoms. The van der Waals surface area contributed by atoms with Gasteiger partial charge in [-0.1, -0.05) is 53.7 Å². The summed E-state index contributed by atoms with van der Waals surface area (Å²) in [6.07, 6.45) is 6.05. The second kappa shape index (κ2) is 8.77. The Labute approximate surface area is 152 Å². The molecule has 4 nitrogen and oxygen atoms in total. The average molecular weight is 350 g/mol. The summed E-state index contributed by atoms with van der Waals surface area (Å²) < 4.78 is 5.23. The lowest BCUT2D eigenvalue weighted by Gasteiger charge is -2.33. The molecule has 142 valence electrons. The van der Waals surface area contributed by atoms with Crippen molar-refractivity contribution in [3.63, 3.8) is 0 Å². The Kier molecular flexibility index (Phi) is 7.58. The van der Waals surface area contributed by atoms with Crippen LogP contribution >= 0.6 is 0 Å². The zero-order valence-corrected chi connectivity index (χ0v) is 16.7. The highest BCUT2D eigenvalue weighted by Gasteiger charge is 2.38. The van der Waals surface area contributed by atoms with E-state index in [1.807, 2.05) is 53.7 Å². The highest BCUT2D eigenvalue weighted by molar-refractivity contribution is 5.91. The fourth-order valence-corrected chi connectivity index (χ4v) is 3.27. The molecule has 0 fully saturated rings. The molecule has 0 aromatic rings. The minimum Gasteiger partial charge on any atom is -0.461 e. The van der Waals surface area contributed by atoms with E-state index in [-0.39, 0.29) is 53.7 Å². The Morgan fingerprint density at radius 2 is 1.40 bits per heavy atom. The summed E-state index contributed by atoms with van der Waals surface area (Å²) in [5, 5.41) is 0. The Morgan fingerprint density at radius 3 is 1.96 bits per heavy atom. The van der Waals surface area contributed by atoms with Gasteiger partial charge < -0.3 is 4.74 Å². The van der Waals surface area contributed by atoms with Crippen molar-refractivity contribution in [3.05, 3.63) is 12.2 Å². The molecule has 0 aromatic heterocycles. The van der Waals surface area contributed by atoms with E-state index in [0.29, 0.717) is 6.42 Å². The standard InChI is InChI=1S/C21H34O4/c1-20(2,3)15-13-18(23)16(21(4,5)6)14-19(24)25-12-10-8-7-9-11-17(15)22/h8,10,15-16H,7,9,11-14H2,1-6H3/b10-8+. The summed E-state index contributed by atoms with van der Waals surface area (Å²) in [6.45, 7) is 12.1. The third-order valence-electron chi connectivity index (χ3n) is 4.95. The minimum atomic E-state index is -0.440. The molecule has 25 heavy (non-hydrogen) atoms. The lowest BCUT2D eigenvalue weighted by molar-refractivity contribution is -0.148. The average Bonchev–Trinajstić information content (AvgIpc) is 2.45. The summed E-state index contributed by atoms with van der Waals surface area (Å²) in [6, 6.07) is 0. The molecule has 1 heterocycles. The van der Waals surface area contributed by atoms with Gasteiger partial charge in [-0.2, -0.15) is 0 Å². The summed E-state index contributed by atoms with van der Waals surface area (Å²) in [5.41, 5.74) is -0.628. The molecule has 1 rings (SSSR count). The van der Waals surface area contributed by atoms with E-state index in [1.54, 1.807) is 0 Å². The van der Waals surface area contributed by atoms with E-state index < -0.39 is 5.92 Å². The quantitative estimate of drug-likeness (QED) is 0.476. The van der Waals surface area contributed by atoms with Crippen molar-refractivity contribution in [2.24, 2.45) is 22.7 Å². The van der Waals surface area contributed by atoms with Crippen LogP contribution in [0.2, 0.25) is 0 Å². The maximum absolute atomic E-state index is 13.0. The second-order valence-electron chi connectivity index (χ2n) is 9.22. The monoisotopic (exact) mass is 350 g/mol. The van der Waals surface area contributed by atoms with Crippen molar-refractivity contribution < 1.29 is 19.1 Å². The zero-order chi connectivity index (χ0) is 19.3. The molecular weight excluding hydrogens is 316 g/mol. The molecule has 0 radical (unpaired) electrons. The molecule has 0 spiro atoms. The molecule has 0 aliphatic carbocycles. The lowest BCUT2D eigenvalue weighted by Crippen LogP contribution is -2.37. The SMILES string of the molecule is CC(C)(C)C1CC(=O)OC/C=C/CCCC(=O)C(C(C)(C)C)CC1=O. The smallest absolute Gasteiger partial charge is 0.306 e. The van der Waals surface area contributed by atoms with Crippen LogP contribution in [-0.2, 0) is 19.1 Å². The number of allylic oxidation sites excluding steroid dienone is 1. The van der Waals surface area contributed by atoms with Gasteiger partial charge in [0.2, 0.25) is 0 Å². The largest absolute Gasteiger partial charge is 0.461 e.